The molecule has 1 fully saturated rings. The van der Waals surface area contributed by atoms with Gasteiger partial charge in [0.2, 0.25) is 11.8 Å². The molecule has 1 aromatic heterocycles. The number of rotatable bonds is 4. The van der Waals surface area contributed by atoms with Crippen LogP contribution in [-0.2, 0) is 9.59 Å². The third-order valence-electron chi connectivity index (χ3n) is 4.59. The van der Waals surface area contributed by atoms with Gasteiger partial charge < -0.3 is 10.2 Å². The second-order valence-electron chi connectivity index (χ2n) is 6.33. The SMILES string of the molecule is Cc1c(Cl)cccc1NC(=O)CC(=O)N1CCCC(c2ccn[nH]2)C1. The van der Waals surface area contributed by atoms with E-state index in [4.69, 9.17) is 11.6 Å². The molecule has 2 heterocycles. The number of likely N-dealkylation sites (tertiary alicyclic amines) is 1. The van der Waals surface area contributed by atoms with Crippen molar-refractivity contribution in [3.63, 3.8) is 0 Å². The Morgan fingerprint density at radius 1 is 1.40 bits per heavy atom. The molecule has 7 heteroatoms. The minimum atomic E-state index is -0.320. The number of halogens is 1. The van der Waals surface area contributed by atoms with Gasteiger partial charge in [0.1, 0.15) is 6.42 Å². The Bertz CT molecular complexity index is 760. The molecule has 1 aliphatic rings. The molecule has 0 bridgehead atoms. The van der Waals surface area contributed by atoms with Crippen LogP contribution >= 0.6 is 11.6 Å². The van der Waals surface area contributed by atoms with E-state index in [2.05, 4.69) is 15.5 Å². The van der Waals surface area contributed by atoms with Crippen LogP contribution in [-0.4, -0.2) is 40.0 Å². The fraction of sp³-hybridized carbons (Fsp3) is 0.389. The summed E-state index contributed by atoms with van der Waals surface area (Å²) in [6.45, 7) is 3.14. The van der Waals surface area contributed by atoms with Gasteiger partial charge in [-0.15, -0.1) is 0 Å². The predicted molar refractivity (Wildman–Crippen MR) is 96.6 cm³/mol. The minimum Gasteiger partial charge on any atom is -0.342 e. The fourth-order valence-electron chi connectivity index (χ4n) is 3.14. The summed E-state index contributed by atoms with van der Waals surface area (Å²) in [5.41, 5.74) is 2.47. The van der Waals surface area contributed by atoms with Gasteiger partial charge in [-0.1, -0.05) is 17.7 Å². The van der Waals surface area contributed by atoms with Crippen molar-refractivity contribution in [1.82, 2.24) is 15.1 Å². The Kier molecular flexibility index (Phi) is 5.38. The average molecular weight is 361 g/mol. The number of piperidine rings is 1. The molecule has 0 saturated carbocycles. The van der Waals surface area contributed by atoms with Crippen LogP contribution in [0.15, 0.2) is 30.5 Å². The summed E-state index contributed by atoms with van der Waals surface area (Å²) in [6.07, 6.45) is 3.49. The predicted octanol–water partition coefficient (Wildman–Crippen LogP) is 3.11. The number of aromatic amines is 1. The lowest BCUT2D eigenvalue weighted by molar-refractivity contribution is -0.135. The maximum atomic E-state index is 12.5. The van der Waals surface area contributed by atoms with E-state index < -0.39 is 0 Å². The van der Waals surface area contributed by atoms with Crippen LogP contribution in [0.5, 0.6) is 0 Å². The summed E-state index contributed by atoms with van der Waals surface area (Å²) in [5.74, 6) is -0.223. The van der Waals surface area contributed by atoms with E-state index in [1.54, 1.807) is 29.3 Å². The van der Waals surface area contributed by atoms with Crippen molar-refractivity contribution < 1.29 is 9.59 Å². The van der Waals surface area contributed by atoms with Gasteiger partial charge in [0.15, 0.2) is 0 Å². The van der Waals surface area contributed by atoms with Crippen molar-refractivity contribution in [2.75, 3.05) is 18.4 Å². The molecule has 25 heavy (non-hydrogen) atoms. The molecular weight excluding hydrogens is 340 g/mol. The topological polar surface area (TPSA) is 78.1 Å². The van der Waals surface area contributed by atoms with E-state index in [1.165, 1.54) is 0 Å². The van der Waals surface area contributed by atoms with Crippen LogP contribution in [0.1, 0.15) is 36.4 Å². The highest BCUT2D eigenvalue weighted by molar-refractivity contribution is 6.31. The zero-order valence-corrected chi connectivity index (χ0v) is 14.8. The van der Waals surface area contributed by atoms with Crippen LogP contribution in [0.4, 0.5) is 5.69 Å². The lowest BCUT2D eigenvalue weighted by Gasteiger charge is -2.32. The molecule has 1 aliphatic heterocycles. The Morgan fingerprint density at radius 2 is 2.24 bits per heavy atom. The van der Waals surface area contributed by atoms with Crippen LogP contribution in [0.2, 0.25) is 5.02 Å². The first-order valence-electron chi connectivity index (χ1n) is 8.36. The second kappa shape index (κ2) is 7.70. The van der Waals surface area contributed by atoms with Gasteiger partial charge in [0, 0.05) is 41.6 Å². The number of anilines is 1. The molecule has 1 atom stereocenters. The van der Waals surface area contributed by atoms with E-state index in [-0.39, 0.29) is 24.2 Å². The van der Waals surface area contributed by atoms with Crippen molar-refractivity contribution in [2.45, 2.75) is 32.1 Å². The van der Waals surface area contributed by atoms with E-state index in [1.807, 2.05) is 13.0 Å². The summed E-state index contributed by atoms with van der Waals surface area (Å²) in [7, 11) is 0. The molecule has 2 N–H and O–H groups in total. The lowest BCUT2D eigenvalue weighted by atomic mass is 9.95. The first kappa shape index (κ1) is 17.5. The van der Waals surface area contributed by atoms with Crippen molar-refractivity contribution in [3.05, 3.63) is 46.7 Å². The smallest absolute Gasteiger partial charge is 0.233 e. The van der Waals surface area contributed by atoms with E-state index in [0.29, 0.717) is 23.8 Å². The molecule has 132 valence electrons. The number of hydrogen-bond acceptors (Lipinski definition) is 3. The monoisotopic (exact) mass is 360 g/mol. The zero-order valence-electron chi connectivity index (χ0n) is 14.1. The molecule has 0 radical (unpaired) electrons. The first-order valence-corrected chi connectivity index (χ1v) is 8.74. The maximum Gasteiger partial charge on any atom is 0.233 e. The third-order valence-corrected chi connectivity index (χ3v) is 5.00. The summed E-state index contributed by atoms with van der Waals surface area (Å²) in [6, 6.07) is 7.25. The molecular formula is C18H21ClN4O2. The zero-order chi connectivity index (χ0) is 17.8. The van der Waals surface area contributed by atoms with Gasteiger partial charge in [-0.05, 0) is 43.5 Å². The van der Waals surface area contributed by atoms with Crippen LogP contribution in [0.25, 0.3) is 0 Å². The van der Waals surface area contributed by atoms with Crippen molar-refractivity contribution in [1.29, 1.82) is 0 Å². The van der Waals surface area contributed by atoms with Gasteiger partial charge in [-0.3, -0.25) is 14.7 Å². The third kappa shape index (κ3) is 4.20. The number of nitrogens with one attached hydrogen (secondary N) is 2. The molecule has 6 nitrogen and oxygen atoms in total. The normalized spacial score (nSPS) is 17.4. The number of nitrogens with zero attached hydrogens (tertiary/aromatic N) is 2. The fourth-order valence-corrected chi connectivity index (χ4v) is 3.31. The maximum absolute atomic E-state index is 12.5. The van der Waals surface area contributed by atoms with E-state index in [9.17, 15) is 9.59 Å². The number of aromatic nitrogens is 2. The van der Waals surface area contributed by atoms with Gasteiger partial charge in [0.05, 0.1) is 0 Å². The molecule has 3 rings (SSSR count). The minimum absolute atomic E-state index is 0.151. The van der Waals surface area contributed by atoms with Gasteiger partial charge in [-0.2, -0.15) is 5.10 Å². The second-order valence-corrected chi connectivity index (χ2v) is 6.74. The molecule has 0 spiro atoms. The Morgan fingerprint density at radius 3 is 3.00 bits per heavy atom. The highest BCUT2D eigenvalue weighted by Crippen LogP contribution is 2.26. The van der Waals surface area contributed by atoms with Crippen molar-refractivity contribution in [3.8, 4) is 0 Å². The van der Waals surface area contributed by atoms with E-state index in [0.717, 1.165) is 24.1 Å². The van der Waals surface area contributed by atoms with Gasteiger partial charge in [0.25, 0.3) is 0 Å². The summed E-state index contributed by atoms with van der Waals surface area (Å²) < 4.78 is 0. The van der Waals surface area contributed by atoms with Crippen LogP contribution < -0.4 is 5.32 Å². The molecule has 1 aromatic carbocycles. The summed E-state index contributed by atoms with van der Waals surface area (Å²) in [5, 5.41) is 10.3. The number of carbonyl (C=O) groups excluding carboxylic acids is 2. The average Bonchev–Trinajstić information content (AvgIpc) is 3.14. The highest BCUT2D eigenvalue weighted by atomic mass is 35.5. The highest BCUT2D eigenvalue weighted by Gasteiger charge is 2.26. The van der Waals surface area contributed by atoms with Crippen molar-refractivity contribution in [2.24, 2.45) is 0 Å². The number of H-pyrrole nitrogens is 1. The Balaban J connectivity index is 1.58. The molecule has 1 saturated heterocycles. The first-order chi connectivity index (χ1) is 12.0. The quantitative estimate of drug-likeness (QED) is 0.822. The molecule has 1 unspecified atom stereocenters. The lowest BCUT2D eigenvalue weighted by Crippen LogP contribution is -2.40. The Hall–Kier alpha value is -2.34. The van der Waals surface area contributed by atoms with Crippen LogP contribution in [0.3, 0.4) is 0 Å². The summed E-state index contributed by atoms with van der Waals surface area (Å²) in [4.78, 5) is 26.5. The number of amides is 2. The van der Waals surface area contributed by atoms with Gasteiger partial charge >= 0.3 is 0 Å². The largest absolute Gasteiger partial charge is 0.342 e. The van der Waals surface area contributed by atoms with E-state index >= 15 is 0 Å². The number of carbonyl (C=O) groups is 2. The number of benzene rings is 1. The van der Waals surface area contributed by atoms with Crippen LogP contribution in [0, 0.1) is 6.92 Å². The summed E-state index contributed by atoms with van der Waals surface area (Å²) >= 11 is 6.06. The Labute approximate surface area is 151 Å². The number of hydrogen-bond donors (Lipinski definition) is 2. The molecule has 2 amide bonds. The standard InChI is InChI=1S/C18H21ClN4O2/c1-12-14(19)5-2-6-15(12)21-17(24)10-18(25)23-9-3-4-13(11-23)16-7-8-20-22-16/h2,5-8,13H,3-4,9-11H2,1H3,(H,20,22)(H,21,24). The molecule has 0 aliphatic carbocycles. The van der Waals surface area contributed by atoms with Crippen molar-refractivity contribution >= 4 is 29.1 Å². The molecule has 2 aromatic rings. The van der Waals surface area contributed by atoms with Gasteiger partial charge in [-0.25, -0.2) is 0 Å².